The first-order chi connectivity index (χ1) is 11.6. The molecule has 0 bridgehead atoms. The lowest BCUT2D eigenvalue weighted by molar-refractivity contribution is -0.120. The molecule has 0 saturated carbocycles. The molecule has 0 radical (unpaired) electrons. The van der Waals surface area contributed by atoms with Gasteiger partial charge in [-0.15, -0.1) is 0 Å². The third kappa shape index (κ3) is 4.31. The highest BCUT2D eigenvalue weighted by molar-refractivity contribution is 7.90. The van der Waals surface area contributed by atoms with Crippen molar-refractivity contribution >= 4 is 32.6 Å². The lowest BCUT2D eigenvalue weighted by Gasteiger charge is -2.15. The van der Waals surface area contributed by atoms with Gasteiger partial charge < -0.3 is 11.5 Å². The maximum absolute atomic E-state index is 12.6. The van der Waals surface area contributed by atoms with Crippen molar-refractivity contribution < 1.29 is 18.0 Å². The van der Waals surface area contributed by atoms with Crippen LogP contribution in [-0.4, -0.2) is 31.3 Å². The highest BCUT2D eigenvalue weighted by atomic mass is 32.2. The van der Waals surface area contributed by atoms with Crippen LogP contribution in [0.15, 0.2) is 35.4 Å². The fraction of sp³-hybridized carbons (Fsp3) is 0.312. The van der Waals surface area contributed by atoms with Crippen LogP contribution in [0.5, 0.6) is 0 Å². The highest BCUT2D eigenvalue weighted by Crippen LogP contribution is 2.23. The van der Waals surface area contributed by atoms with Crippen LogP contribution in [0, 0.1) is 5.92 Å². The molecule has 0 aliphatic carbocycles. The molecule has 1 atom stereocenters. The number of hydrogen-bond acceptors (Lipinski definition) is 6. The third-order valence-corrected chi connectivity index (χ3v) is 4.97. The normalized spacial score (nSPS) is 13.0. The van der Waals surface area contributed by atoms with Crippen molar-refractivity contribution in [3.63, 3.8) is 0 Å². The molecule has 2 aromatic rings. The van der Waals surface area contributed by atoms with Crippen LogP contribution >= 0.6 is 0 Å². The Bertz CT molecular complexity index is 925. The summed E-state index contributed by atoms with van der Waals surface area (Å²) in [4.78, 5) is 27.0. The zero-order chi connectivity index (χ0) is 18.8. The van der Waals surface area contributed by atoms with Crippen LogP contribution in [-0.2, 0) is 14.8 Å². The fourth-order valence-corrected chi connectivity index (χ4v) is 3.63. The summed E-state index contributed by atoms with van der Waals surface area (Å²) in [5.74, 6) is -1.34. The van der Waals surface area contributed by atoms with Gasteiger partial charge in [-0.05, 0) is 29.9 Å². The maximum atomic E-state index is 12.6. The lowest BCUT2D eigenvalue weighted by Crippen LogP contribution is -2.44. The van der Waals surface area contributed by atoms with E-state index in [1.165, 1.54) is 24.4 Å². The molecule has 0 fully saturated rings. The summed E-state index contributed by atoms with van der Waals surface area (Å²) in [6.45, 7) is 3.77. The number of amides is 2. The second-order valence-electron chi connectivity index (χ2n) is 6.12. The number of nitrogens with two attached hydrogens (primary N) is 2. The van der Waals surface area contributed by atoms with Gasteiger partial charge in [-0.2, -0.15) is 0 Å². The molecule has 0 spiro atoms. The van der Waals surface area contributed by atoms with Gasteiger partial charge >= 0.3 is 0 Å². The molecule has 8 nitrogen and oxygen atoms in total. The standard InChI is InChI=1S/C16H20N4O4S/c1-9(2)6-12(17)16(22)20-25(23,24)14-5-3-4-10-7-13(15(18)21)19-8-11(10)14/h3-5,7-9,12H,6,17H2,1-2H3,(H2,18,21)(H,20,22)/t12-/m0/s1. The summed E-state index contributed by atoms with van der Waals surface area (Å²) in [5, 5.41) is 0.732. The Morgan fingerprint density at radius 1 is 1.28 bits per heavy atom. The van der Waals surface area contributed by atoms with E-state index in [1.807, 2.05) is 18.6 Å². The first kappa shape index (κ1) is 18.8. The van der Waals surface area contributed by atoms with Crippen LogP contribution < -0.4 is 16.2 Å². The van der Waals surface area contributed by atoms with E-state index in [1.54, 1.807) is 6.07 Å². The molecular formula is C16H20N4O4S. The quantitative estimate of drug-likeness (QED) is 0.681. The van der Waals surface area contributed by atoms with Gasteiger partial charge in [-0.1, -0.05) is 26.0 Å². The van der Waals surface area contributed by atoms with Gasteiger partial charge in [-0.3, -0.25) is 14.6 Å². The van der Waals surface area contributed by atoms with E-state index in [0.717, 1.165) is 0 Å². The van der Waals surface area contributed by atoms with Crippen molar-refractivity contribution in [2.75, 3.05) is 0 Å². The molecule has 0 saturated heterocycles. The van der Waals surface area contributed by atoms with Gasteiger partial charge in [0.15, 0.2) is 0 Å². The second-order valence-corrected chi connectivity index (χ2v) is 7.77. The number of benzene rings is 1. The first-order valence-corrected chi connectivity index (χ1v) is 9.11. The number of sulfonamides is 1. The number of nitrogens with one attached hydrogen (secondary N) is 1. The van der Waals surface area contributed by atoms with Crippen molar-refractivity contribution in [1.29, 1.82) is 0 Å². The van der Waals surface area contributed by atoms with E-state index >= 15 is 0 Å². The average molecular weight is 364 g/mol. The molecule has 1 aromatic heterocycles. The molecule has 134 valence electrons. The Balaban J connectivity index is 2.39. The monoisotopic (exact) mass is 364 g/mol. The summed E-state index contributed by atoms with van der Waals surface area (Å²) in [5.41, 5.74) is 10.9. The van der Waals surface area contributed by atoms with Crippen molar-refractivity contribution in [2.45, 2.75) is 31.2 Å². The SMILES string of the molecule is CC(C)C[C@H](N)C(=O)NS(=O)(=O)c1cccc2cc(C(N)=O)ncc12. The predicted molar refractivity (Wildman–Crippen MR) is 93.0 cm³/mol. The molecule has 1 aromatic carbocycles. The van der Waals surface area contributed by atoms with Crippen molar-refractivity contribution in [3.8, 4) is 0 Å². The minimum atomic E-state index is -4.14. The van der Waals surface area contributed by atoms with Gasteiger partial charge in [0, 0.05) is 11.6 Å². The van der Waals surface area contributed by atoms with Crippen LogP contribution in [0.25, 0.3) is 10.8 Å². The Morgan fingerprint density at radius 3 is 2.56 bits per heavy atom. The highest BCUT2D eigenvalue weighted by Gasteiger charge is 2.24. The van der Waals surface area contributed by atoms with E-state index < -0.39 is 27.9 Å². The molecule has 2 rings (SSSR count). The predicted octanol–water partition coefficient (Wildman–Crippen LogP) is 0.512. The molecule has 25 heavy (non-hydrogen) atoms. The molecule has 0 unspecified atom stereocenters. The Labute approximate surface area is 145 Å². The Hall–Kier alpha value is -2.52. The minimum Gasteiger partial charge on any atom is -0.364 e. The number of nitrogens with zero attached hydrogens (tertiary/aromatic N) is 1. The van der Waals surface area contributed by atoms with Crippen molar-refractivity contribution in [3.05, 3.63) is 36.2 Å². The summed E-state index contributed by atoms with van der Waals surface area (Å²) < 4.78 is 27.1. The van der Waals surface area contributed by atoms with E-state index in [4.69, 9.17) is 11.5 Å². The maximum Gasteiger partial charge on any atom is 0.267 e. The lowest BCUT2D eigenvalue weighted by atomic mass is 10.0. The van der Waals surface area contributed by atoms with Crippen molar-refractivity contribution in [1.82, 2.24) is 9.71 Å². The summed E-state index contributed by atoms with van der Waals surface area (Å²) >= 11 is 0. The third-order valence-electron chi connectivity index (χ3n) is 3.56. The van der Waals surface area contributed by atoms with Gasteiger partial charge in [0.05, 0.1) is 10.9 Å². The van der Waals surface area contributed by atoms with Crippen LogP contribution in [0.4, 0.5) is 0 Å². The van der Waals surface area contributed by atoms with Crippen LogP contribution in [0.3, 0.4) is 0 Å². The smallest absolute Gasteiger partial charge is 0.267 e. The number of pyridine rings is 1. The zero-order valence-electron chi connectivity index (χ0n) is 13.9. The zero-order valence-corrected chi connectivity index (χ0v) is 14.7. The fourth-order valence-electron chi connectivity index (χ4n) is 2.39. The Kier molecular flexibility index (Phi) is 5.39. The van der Waals surface area contributed by atoms with Crippen LogP contribution in [0.1, 0.15) is 30.8 Å². The number of fused-ring (bicyclic) bond motifs is 1. The van der Waals surface area contributed by atoms with E-state index in [2.05, 4.69) is 4.98 Å². The van der Waals surface area contributed by atoms with E-state index in [0.29, 0.717) is 11.8 Å². The number of aromatic nitrogens is 1. The summed E-state index contributed by atoms with van der Waals surface area (Å²) in [6, 6.07) is 4.93. The number of rotatable bonds is 6. The van der Waals surface area contributed by atoms with Gasteiger partial charge in [0.1, 0.15) is 5.69 Å². The van der Waals surface area contributed by atoms with E-state index in [9.17, 15) is 18.0 Å². The largest absolute Gasteiger partial charge is 0.364 e. The number of carbonyl (C=O) groups excluding carboxylic acids is 2. The topological polar surface area (TPSA) is 145 Å². The van der Waals surface area contributed by atoms with Crippen LogP contribution in [0.2, 0.25) is 0 Å². The Morgan fingerprint density at radius 2 is 1.96 bits per heavy atom. The molecule has 9 heteroatoms. The number of hydrogen-bond donors (Lipinski definition) is 3. The molecule has 2 amide bonds. The molecule has 5 N–H and O–H groups in total. The molecule has 0 aliphatic heterocycles. The van der Waals surface area contributed by atoms with Gasteiger partial charge in [-0.25, -0.2) is 13.1 Å². The number of carbonyl (C=O) groups is 2. The van der Waals surface area contributed by atoms with Crippen molar-refractivity contribution in [2.24, 2.45) is 17.4 Å². The summed E-state index contributed by atoms with van der Waals surface area (Å²) in [6.07, 6.45) is 1.60. The van der Waals surface area contributed by atoms with Gasteiger partial charge in [0.25, 0.3) is 21.8 Å². The van der Waals surface area contributed by atoms with E-state index in [-0.39, 0.29) is 21.9 Å². The molecule has 0 aliphatic rings. The van der Waals surface area contributed by atoms with Gasteiger partial charge in [0.2, 0.25) is 0 Å². The average Bonchev–Trinajstić information content (AvgIpc) is 2.52. The molecular weight excluding hydrogens is 344 g/mol. The summed E-state index contributed by atoms with van der Waals surface area (Å²) in [7, 11) is -4.14. The first-order valence-electron chi connectivity index (χ1n) is 7.62. The second kappa shape index (κ2) is 7.16. The molecule has 1 heterocycles. The number of primary amides is 1. The minimum absolute atomic E-state index is 0.0186.